The molecular weight excluding hydrogens is 1960 g/mol. The largest absolute Gasteiger partial charge is 1.00 e. The smallest absolute Gasteiger partial charge is 0.435 e. The number of aromatic nitrogens is 1. The van der Waals surface area contributed by atoms with Crippen molar-refractivity contribution in [2.45, 2.75) is 100 Å². The molecule has 3 fully saturated rings. The predicted octanol–water partition coefficient (Wildman–Crippen LogP) is 20.2. The third-order valence-corrected chi connectivity index (χ3v) is 24.1. The van der Waals surface area contributed by atoms with E-state index in [0.29, 0.717) is 61.5 Å². The SMILES string of the molecule is C=CC1C[N+]2(Cc3cc(OCc4ccccc4)c(OCc4ccccc4)c(OCc4ccccc4)c3)CCC1C[C@@H]2[C@@H](O)c1ccnc2ccc(OC)cc12.O=C(CNC(=O)c1ccc(C(=O)C=C(c2cc(Cl)c(F)c(C(F)(F)F)c2)C(F)(F)F)c2ccccc12)NCC(F)(F)F.O=C(CNC(=O)c1ccc(C2=NOC(c3cc(Cl)c(F)c(C(F)(F)F)c3)(C(F)(F)F)C2)c2ccccc12)NCC(F)(F)F.[Cl-]. The third-order valence-electron chi connectivity index (χ3n) is 23.5. The molecule has 141 heavy (non-hydrogen) atoms. The van der Waals surface area contributed by atoms with Gasteiger partial charge in [0.05, 0.1) is 71.3 Å². The Balaban J connectivity index is 0.000000191. The average molecular weight is 2040 g/mol. The number of halogens is 23. The number of amides is 4. The number of carbonyl (C=O) groups excluding carboxylic acids is 5. The van der Waals surface area contributed by atoms with E-state index in [-0.39, 0.29) is 86.7 Å². The number of alkyl halides is 18. The molecule has 2 bridgehead atoms. The third kappa shape index (κ3) is 25.6. The molecule has 1 aromatic heterocycles. The lowest BCUT2D eigenvalue weighted by molar-refractivity contribution is -0.984. The number of piperidine rings is 3. The Kier molecular flexibility index (Phi) is 33.2. The minimum atomic E-state index is -5.41. The molecule has 41 heteroatoms. The summed E-state index contributed by atoms with van der Waals surface area (Å²) in [6, 6.07) is 58.3. The highest BCUT2D eigenvalue weighted by molar-refractivity contribution is 6.31. The standard InChI is InChI=1S/C48H49N2O5.C26H16ClF10N3O3.C26H15ClF10N2O3.ClH/c1-3-38-30-50(24-22-39(38)27-44(50)47(51)41-21-23-49-43-20-19-40(52-2)28-42(41)43)29-37-25-45(53-31-34-13-7-4-8-14-34)48(55-33-36-17-11-6-12-18-36)46(26-37)54-32-35-15-9-5-10-16-35;27-18-8-12(7-17(21(18)28)25(32,33)34)23(26(35,36)37)9-19(40-43-23)15-5-6-16(14-4-2-1-3-13(14)15)22(42)38-10-20(41)39-11-24(29,30)31;27-19-8-12(7-18(22(19)28)26(35,36)37)17(25(32,33)34)9-20(40)15-5-6-16(14-4-2-1-3-13(14)15)23(42)38-10-21(41)39-11-24(29,30)31;/h3-21,23,25-26,28,38-39,44,47,51H,1,22,24,27,29-33H2,2H3;1-8H,9-11H2,(H,38,42)(H,39,41);1-9H,10-11H2,(H,38,42)(H,39,41);1H/q+1;;;/p-1/t38?,39?,44-,47+,50?;;;/m1.../s1. The Morgan fingerprint density at radius 2 is 1.04 bits per heavy atom. The van der Waals surface area contributed by atoms with Crippen LogP contribution >= 0.6 is 23.2 Å². The number of methoxy groups -OCH3 is 1. The molecule has 18 nitrogen and oxygen atoms in total. The van der Waals surface area contributed by atoms with Crippen LogP contribution in [0, 0.1) is 23.5 Å². The van der Waals surface area contributed by atoms with Gasteiger partial charge in [-0.2, -0.15) is 79.0 Å². The van der Waals surface area contributed by atoms with Crippen LogP contribution < -0.4 is 52.6 Å². The molecule has 5 N–H and O–H groups in total. The zero-order valence-electron chi connectivity index (χ0n) is 73.4. The van der Waals surface area contributed by atoms with Gasteiger partial charge in [-0.05, 0) is 140 Å². The van der Waals surface area contributed by atoms with Crippen LogP contribution in [0.3, 0.4) is 0 Å². The van der Waals surface area contributed by atoms with E-state index in [0.717, 1.165) is 93.1 Å². The maximum absolute atomic E-state index is 14.4. The van der Waals surface area contributed by atoms with Crippen LogP contribution in [0.25, 0.3) is 38.0 Å². The lowest BCUT2D eigenvalue weighted by atomic mass is 9.71. The second-order valence-electron chi connectivity index (χ2n) is 32.8. The van der Waals surface area contributed by atoms with Crippen molar-refractivity contribution in [1.29, 1.82) is 0 Å². The highest BCUT2D eigenvalue weighted by Crippen LogP contribution is 2.54. The van der Waals surface area contributed by atoms with Crippen molar-refractivity contribution >= 4 is 96.3 Å². The van der Waals surface area contributed by atoms with Crippen molar-refractivity contribution in [2.75, 3.05) is 46.4 Å². The number of ketones is 1. The molecule has 4 amide bonds. The molecule has 4 aliphatic heterocycles. The van der Waals surface area contributed by atoms with Crippen LogP contribution in [-0.4, -0.2) is 127 Å². The van der Waals surface area contributed by atoms with E-state index in [9.17, 15) is 117 Å². The fourth-order valence-electron chi connectivity index (χ4n) is 16.8. The van der Waals surface area contributed by atoms with E-state index in [4.69, 9.17) is 47.0 Å². The van der Waals surface area contributed by atoms with Gasteiger partial charge in [0.25, 0.3) is 17.4 Å². The van der Waals surface area contributed by atoms with Crippen molar-refractivity contribution in [3.05, 3.63) is 343 Å². The topological polar surface area (TPSA) is 225 Å². The second-order valence-corrected chi connectivity index (χ2v) is 33.6. The minimum absolute atomic E-state index is 0. The molecule has 0 saturated carbocycles. The number of rotatable bonds is 28. The number of allylic oxidation sites excluding steroid dienone is 2. The lowest BCUT2D eigenvalue weighted by Crippen LogP contribution is -3.00. The zero-order chi connectivity index (χ0) is 101. The van der Waals surface area contributed by atoms with Gasteiger partial charge >= 0.3 is 37.1 Å². The number of aliphatic hydroxyl groups excluding tert-OH is 1. The highest BCUT2D eigenvalue weighted by atomic mass is 35.5. The summed E-state index contributed by atoms with van der Waals surface area (Å²) in [5.74, 6) is -6.07. The fourth-order valence-corrected chi connectivity index (χ4v) is 17.3. The summed E-state index contributed by atoms with van der Waals surface area (Å²) in [6.07, 6.45) is -26.9. The summed E-state index contributed by atoms with van der Waals surface area (Å²) in [5, 5.41) is 21.9. The summed E-state index contributed by atoms with van der Waals surface area (Å²) in [7, 11) is 1.67. The van der Waals surface area contributed by atoms with Gasteiger partial charge in [-0.1, -0.05) is 180 Å². The number of carbonyl (C=O) groups is 5. The number of hydrogen-bond donors (Lipinski definition) is 5. The van der Waals surface area contributed by atoms with Gasteiger partial charge in [0.2, 0.25) is 17.6 Å². The van der Waals surface area contributed by atoms with Crippen molar-refractivity contribution in [2.24, 2.45) is 17.0 Å². The van der Waals surface area contributed by atoms with Crippen LogP contribution in [0.4, 0.5) is 87.8 Å². The number of aliphatic hydroxyl groups is 1. The van der Waals surface area contributed by atoms with E-state index in [1.165, 1.54) is 59.9 Å². The van der Waals surface area contributed by atoms with Crippen molar-refractivity contribution in [3.8, 4) is 23.0 Å². The second kappa shape index (κ2) is 44.1. The molecule has 0 spiro atoms. The summed E-state index contributed by atoms with van der Waals surface area (Å²) < 4.78 is 293. The van der Waals surface area contributed by atoms with Crippen LogP contribution in [0.1, 0.15) is 112 Å². The van der Waals surface area contributed by atoms with E-state index < -0.39 is 166 Å². The fraction of sp³-hybridized carbons (Fsp3) is 0.250. The Bertz CT molecular complexity index is 6610. The molecule has 4 aliphatic rings. The number of pyridine rings is 1. The Labute approximate surface area is 806 Å². The first kappa shape index (κ1) is 106. The number of hydrogen-bond acceptors (Lipinski definition) is 13. The maximum atomic E-state index is 14.4. The van der Waals surface area contributed by atoms with Crippen molar-refractivity contribution in [3.63, 3.8) is 0 Å². The van der Waals surface area contributed by atoms with Crippen molar-refractivity contribution in [1.82, 2.24) is 26.3 Å². The first-order valence-electron chi connectivity index (χ1n) is 42.5. The van der Waals surface area contributed by atoms with E-state index in [1.54, 1.807) is 12.4 Å². The van der Waals surface area contributed by atoms with Gasteiger partial charge in [0.1, 0.15) is 57.4 Å². The molecular formula is C100H80Cl3F20N7O11. The summed E-state index contributed by atoms with van der Waals surface area (Å²) in [4.78, 5) is 71.0. The number of benzene rings is 11. The molecule has 742 valence electrons. The van der Waals surface area contributed by atoms with Crippen LogP contribution in [0.15, 0.2) is 255 Å². The van der Waals surface area contributed by atoms with Gasteiger partial charge in [-0.15, -0.1) is 6.58 Å². The Morgan fingerprint density at radius 1 is 0.560 bits per heavy atom. The Morgan fingerprint density at radius 3 is 1.55 bits per heavy atom. The molecule has 0 aliphatic carbocycles. The summed E-state index contributed by atoms with van der Waals surface area (Å²) >= 11 is 10.9. The average Bonchev–Trinajstić information content (AvgIpc) is 0.943. The number of nitrogens with one attached hydrogen (secondary N) is 4. The number of oxime groups is 1. The van der Waals surface area contributed by atoms with E-state index >= 15 is 0 Å². The van der Waals surface area contributed by atoms with Gasteiger partial charge in [0.15, 0.2) is 28.9 Å². The van der Waals surface area contributed by atoms with Gasteiger partial charge in [-0.25, -0.2) is 8.78 Å². The van der Waals surface area contributed by atoms with E-state index in [2.05, 4.69) is 82.0 Å². The van der Waals surface area contributed by atoms with Crippen LogP contribution in [-0.2, 0) is 58.7 Å². The number of ether oxygens (including phenoxy) is 4. The van der Waals surface area contributed by atoms with Gasteiger partial charge in [0, 0.05) is 70.1 Å². The highest BCUT2D eigenvalue weighted by Gasteiger charge is 2.63. The summed E-state index contributed by atoms with van der Waals surface area (Å²) in [5.41, 5.74) is -7.01. The molecule has 5 heterocycles. The molecule has 16 rings (SSSR count). The molecule has 0 radical (unpaired) electrons. The van der Waals surface area contributed by atoms with Crippen molar-refractivity contribution < 1.29 is 158 Å². The number of nitrogens with zero attached hydrogens (tertiary/aromatic N) is 3. The normalized spacial score (nSPS) is 17.2. The van der Waals surface area contributed by atoms with Crippen LogP contribution in [0.5, 0.6) is 23.0 Å². The van der Waals surface area contributed by atoms with E-state index in [1.807, 2.05) is 85.1 Å². The molecule has 11 aromatic carbocycles. The van der Waals surface area contributed by atoms with Gasteiger partial charge in [-0.3, -0.25) is 29.0 Å². The first-order valence-corrected chi connectivity index (χ1v) is 43.2. The minimum Gasteiger partial charge on any atom is -1.00 e. The first-order chi connectivity index (χ1) is 66.1. The lowest BCUT2D eigenvalue weighted by Gasteiger charge is -2.58. The van der Waals surface area contributed by atoms with Gasteiger partial charge < -0.3 is 67.0 Å². The summed E-state index contributed by atoms with van der Waals surface area (Å²) in [6.45, 7) is 2.99. The number of quaternary nitrogens is 1. The molecule has 12 aromatic rings. The molecule has 6 atom stereocenters. The Hall–Kier alpha value is -13.6. The maximum Gasteiger partial charge on any atom is 0.435 e. The molecule has 3 saturated heterocycles. The quantitative estimate of drug-likeness (QED) is 0.0102. The monoisotopic (exact) mass is 2040 g/mol. The predicted molar refractivity (Wildman–Crippen MR) is 478 cm³/mol. The number of fused-ring (bicyclic) bond motifs is 6. The molecule has 4 unspecified atom stereocenters. The van der Waals surface area contributed by atoms with Crippen LogP contribution in [0.2, 0.25) is 10.0 Å². The zero-order valence-corrected chi connectivity index (χ0v) is 75.6.